The molecule has 138 valence electrons. The third-order valence-electron chi connectivity index (χ3n) is 3.34. The van der Waals surface area contributed by atoms with E-state index in [-0.39, 0.29) is 6.61 Å². The molecule has 2 aromatic carbocycles. The minimum absolute atomic E-state index is 0.200. The van der Waals surface area contributed by atoms with Crippen molar-refractivity contribution in [3.8, 4) is 11.5 Å². The Balaban J connectivity index is 2.20. The number of halogens is 2. The molecule has 0 saturated carbocycles. The summed E-state index contributed by atoms with van der Waals surface area (Å²) in [5, 5.41) is 9.87. The molecule has 0 radical (unpaired) electrons. The van der Waals surface area contributed by atoms with Gasteiger partial charge in [-0.3, -0.25) is 0 Å². The van der Waals surface area contributed by atoms with Gasteiger partial charge in [0.2, 0.25) is 0 Å². The second kappa shape index (κ2) is 10.1. The predicted molar refractivity (Wildman–Crippen MR) is 101 cm³/mol. The van der Waals surface area contributed by atoms with Crippen molar-refractivity contribution in [3.05, 3.63) is 63.6 Å². The van der Waals surface area contributed by atoms with Gasteiger partial charge in [0.25, 0.3) is 0 Å². The van der Waals surface area contributed by atoms with Crippen molar-refractivity contribution < 1.29 is 24.1 Å². The Morgan fingerprint density at radius 2 is 1.92 bits per heavy atom. The molecule has 0 bridgehead atoms. The lowest BCUT2D eigenvalue weighted by Gasteiger charge is -2.13. The predicted octanol–water partition coefficient (Wildman–Crippen LogP) is 4.70. The first-order valence-electron chi connectivity index (χ1n) is 7.73. The summed E-state index contributed by atoms with van der Waals surface area (Å²) < 4.78 is 16.4. The van der Waals surface area contributed by atoms with E-state index in [1.165, 1.54) is 6.08 Å². The van der Waals surface area contributed by atoms with Gasteiger partial charge in [0.1, 0.15) is 24.7 Å². The molecule has 26 heavy (non-hydrogen) atoms. The molecule has 0 heterocycles. The quantitative estimate of drug-likeness (QED) is 0.491. The zero-order valence-electron chi connectivity index (χ0n) is 14.1. The molecular weight excluding hydrogens is 379 g/mol. The van der Waals surface area contributed by atoms with Gasteiger partial charge in [-0.25, -0.2) is 4.79 Å². The van der Waals surface area contributed by atoms with Crippen molar-refractivity contribution in [1.82, 2.24) is 0 Å². The molecule has 0 spiro atoms. The van der Waals surface area contributed by atoms with Crippen molar-refractivity contribution in [2.75, 3.05) is 20.3 Å². The number of carboxylic acids is 1. The summed E-state index contributed by atoms with van der Waals surface area (Å²) in [6, 6.07) is 10.3. The van der Waals surface area contributed by atoms with Gasteiger partial charge in [-0.2, -0.15) is 0 Å². The fourth-order valence-electron chi connectivity index (χ4n) is 2.07. The molecule has 0 fully saturated rings. The number of ether oxygens (including phenoxy) is 3. The SMILES string of the molecule is COCCOc1ccc(C=CC(=O)O)c(OCc2ccc(Cl)cc2Cl)c1. The maximum Gasteiger partial charge on any atom is 0.328 e. The fourth-order valence-corrected chi connectivity index (χ4v) is 2.53. The highest BCUT2D eigenvalue weighted by atomic mass is 35.5. The number of carboxylic acid groups (broad SMARTS) is 1. The Morgan fingerprint density at radius 1 is 1.12 bits per heavy atom. The summed E-state index contributed by atoms with van der Waals surface area (Å²) in [4.78, 5) is 10.8. The largest absolute Gasteiger partial charge is 0.491 e. The first-order chi connectivity index (χ1) is 12.5. The standard InChI is InChI=1S/C19H18Cl2O5/c1-24-8-9-25-16-6-3-13(4-7-19(22)23)18(11-16)26-12-14-2-5-15(20)10-17(14)21/h2-7,10-11H,8-9,12H2,1H3,(H,22,23). The van der Waals surface area contributed by atoms with Crippen LogP contribution in [0.1, 0.15) is 11.1 Å². The van der Waals surface area contributed by atoms with Crippen LogP contribution in [0.15, 0.2) is 42.5 Å². The monoisotopic (exact) mass is 396 g/mol. The Hall–Kier alpha value is -2.21. The van der Waals surface area contributed by atoms with Crippen LogP contribution in [0.2, 0.25) is 10.0 Å². The second-order valence-electron chi connectivity index (χ2n) is 5.24. The Bertz CT molecular complexity index is 789. The minimum Gasteiger partial charge on any atom is -0.491 e. The van der Waals surface area contributed by atoms with E-state index in [0.29, 0.717) is 40.3 Å². The van der Waals surface area contributed by atoms with Gasteiger partial charge in [-0.05, 0) is 30.3 Å². The van der Waals surface area contributed by atoms with Crippen LogP contribution in [-0.2, 0) is 16.1 Å². The number of methoxy groups -OCH3 is 1. The zero-order valence-corrected chi connectivity index (χ0v) is 15.6. The van der Waals surface area contributed by atoms with Crippen molar-refractivity contribution >= 4 is 35.2 Å². The number of aliphatic carboxylic acids is 1. The average Bonchev–Trinajstić information content (AvgIpc) is 2.60. The van der Waals surface area contributed by atoms with Gasteiger partial charge in [0.15, 0.2) is 0 Å². The highest BCUT2D eigenvalue weighted by Gasteiger charge is 2.08. The number of hydrogen-bond donors (Lipinski definition) is 1. The molecule has 0 amide bonds. The molecule has 0 aliphatic carbocycles. The van der Waals surface area contributed by atoms with Crippen LogP contribution >= 0.6 is 23.2 Å². The molecule has 0 aliphatic heterocycles. The second-order valence-corrected chi connectivity index (χ2v) is 6.08. The molecule has 0 saturated heterocycles. The minimum atomic E-state index is -1.04. The molecule has 0 aliphatic rings. The van der Waals surface area contributed by atoms with Gasteiger partial charge in [0.05, 0.1) is 6.61 Å². The summed E-state index contributed by atoms with van der Waals surface area (Å²) >= 11 is 12.1. The topological polar surface area (TPSA) is 65.0 Å². The van der Waals surface area contributed by atoms with Crippen LogP contribution < -0.4 is 9.47 Å². The van der Waals surface area contributed by atoms with Crippen LogP contribution in [0.4, 0.5) is 0 Å². The molecule has 5 nitrogen and oxygen atoms in total. The maximum absolute atomic E-state index is 10.8. The first-order valence-corrected chi connectivity index (χ1v) is 8.48. The van der Waals surface area contributed by atoms with Gasteiger partial charge >= 0.3 is 5.97 Å². The van der Waals surface area contributed by atoms with Crippen LogP contribution in [0.3, 0.4) is 0 Å². The van der Waals surface area contributed by atoms with Gasteiger partial charge < -0.3 is 19.3 Å². The maximum atomic E-state index is 10.8. The van der Waals surface area contributed by atoms with Gasteiger partial charge in [-0.1, -0.05) is 29.3 Å². The van der Waals surface area contributed by atoms with Crippen LogP contribution in [0, 0.1) is 0 Å². The van der Waals surface area contributed by atoms with E-state index in [9.17, 15) is 4.79 Å². The average molecular weight is 397 g/mol. The third kappa shape index (κ3) is 6.26. The first kappa shape index (κ1) is 20.1. The lowest BCUT2D eigenvalue weighted by atomic mass is 10.1. The zero-order chi connectivity index (χ0) is 18.9. The fraction of sp³-hybridized carbons (Fsp3) is 0.211. The lowest BCUT2D eigenvalue weighted by molar-refractivity contribution is -0.131. The Labute approximate surface area is 161 Å². The summed E-state index contributed by atoms with van der Waals surface area (Å²) in [6.07, 6.45) is 2.50. The molecule has 0 unspecified atom stereocenters. The van der Waals surface area contributed by atoms with E-state index in [1.807, 2.05) is 0 Å². The van der Waals surface area contributed by atoms with E-state index in [1.54, 1.807) is 43.5 Å². The number of benzene rings is 2. The van der Waals surface area contributed by atoms with Crippen LogP contribution in [-0.4, -0.2) is 31.4 Å². The summed E-state index contributed by atoms with van der Waals surface area (Å²) in [5.41, 5.74) is 1.37. The van der Waals surface area contributed by atoms with Gasteiger partial charge in [-0.15, -0.1) is 0 Å². The number of rotatable bonds is 9. The Morgan fingerprint density at radius 3 is 2.62 bits per heavy atom. The van der Waals surface area contributed by atoms with E-state index in [2.05, 4.69) is 0 Å². The normalized spacial score (nSPS) is 10.9. The molecule has 2 rings (SSSR count). The van der Waals surface area contributed by atoms with Crippen LogP contribution in [0.5, 0.6) is 11.5 Å². The van der Waals surface area contributed by atoms with Crippen molar-refractivity contribution in [2.45, 2.75) is 6.61 Å². The van der Waals surface area contributed by atoms with E-state index < -0.39 is 5.97 Å². The summed E-state index contributed by atoms with van der Waals surface area (Å²) in [6.45, 7) is 1.05. The smallest absolute Gasteiger partial charge is 0.328 e. The van der Waals surface area contributed by atoms with E-state index in [4.69, 9.17) is 42.5 Å². The molecule has 1 N–H and O–H groups in total. The highest BCUT2D eigenvalue weighted by Crippen LogP contribution is 2.28. The molecule has 7 heteroatoms. The van der Waals surface area contributed by atoms with Crippen molar-refractivity contribution in [2.24, 2.45) is 0 Å². The number of hydrogen-bond acceptors (Lipinski definition) is 4. The highest BCUT2D eigenvalue weighted by molar-refractivity contribution is 6.35. The Kier molecular flexibility index (Phi) is 7.78. The molecule has 0 atom stereocenters. The van der Waals surface area contributed by atoms with Crippen molar-refractivity contribution in [1.29, 1.82) is 0 Å². The molecular formula is C19H18Cl2O5. The summed E-state index contributed by atoms with van der Waals surface area (Å²) in [7, 11) is 1.59. The lowest BCUT2D eigenvalue weighted by Crippen LogP contribution is -2.05. The molecule has 0 aromatic heterocycles. The number of carbonyl (C=O) groups is 1. The van der Waals surface area contributed by atoms with E-state index in [0.717, 1.165) is 11.6 Å². The van der Waals surface area contributed by atoms with E-state index >= 15 is 0 Å². The van der Waals surface area contributed by atoms with Crippen LogP contribution in [0.25, 0.3) is 6.08 Å². The summed E-state index contributed by atoms with van der Waals surface area (Å²) in [5.74, 6) is 0.0206. The van der Waals surface area contributed by atoms with Crippen molar-refractivity contribution in [3.63, 3.8) is 0 Å². The van der Waals surface area contributed by atoms with Gasteiger partial charge in [0, 0.05) is 40.4 Å². The molecule has 2 aromatic rings. The third-order valence-corrected chi connectivity index (χ3v) is 3.93.